The molecule has 0 radical (unpaired) electrons. The highest BCUT2D eigenvalue weighted by atomic mass is 35.5. The predicted octanol–water partition coefficient (Wildman–Crippen LogP) is 2.67. The Bertz CT molecular complexity index is 635. The van der Waals surface area contributed by atoms with Crippen molar-refractivity contribution in [1.82, 2.24) is 9.97 Å². The van der Waals surface area contributed by atoms with E-state index in [1.54, 1.807) is 0 Å². The number of nitrogens with one attached hydrogen (secondary N) is 2. The molecule has 19 heavy (non-hydrogen) atoms. The van der Waals surface area contributed by atoms with E-state index in [-0.39, 0.29) is 27.4 Å². The molecule has 0 saturated carbocycles. The van der Waals surface area contributed by atoms with Crippen LogP contribution in [-0.4, -0.2) is 27.0 Å². The third-order valence-electron chi connectivity index (χ3n) is 2.18. The van der Waals surface area contributed by atoms with Crippen LogP contribution < -0.4 is 5.32 Å². The van der Waals surface area contributed by atoms with E-state index in [4.69, 9.17) is 28.3 Å². The van der Waals surface area contributed by atoms with E-state index in [1.807, 2.05) is 0 Å². The second kappa shape index (κ2) is 5.29. The molecule has 0 spiro atoms. The highest BCUT2D eigenvalue weighted by Crippen LogP contribution is 2.22. The van der Waals surface area contributed by atoms with E-state index in [0.29, 0.717) is 0 Å². The molecule has 0 aliphatic rings. The van der Waals surface area contributed by atoms with Gasteiger partial charge in [0.15, 0.2) is 5.69 Å². The molecule has 0 unspecified atom stereocenters. The second-order valence-electron chi connectivity index (χ2n) is 3.51. The van der Waals surface area contributed by atoms with E-state index in [1.165, 1.54) is 24.3 Å². The number of anilines is 1. The highest BCUT2D eigenvalue weighted by molar-refractivity contribution is 6.41. The maximum Gasteiger partial charge on any atom is 0.354 e. The number of hydrogen-bond donors (Lipinski definition) is 3. The van der Waals surface area contributed by atoms with Gasteiger partial charge in [0, 0.05) is 0 Å². The zero-order chi connectivity index (χ0) is 14.0. The molecular formula is C11H7Cl2N3O3. The number of rotatable bonds is 3. The molecule has 98 valence electrons. The molecule has 2 heterocycles. The fourth-order valence-electron chi connectivity index (χ4n) is 1.33. The first-order valence-corrected chi connectivity index (χ1v) is 5.78. The average Bonchev–Trinajstić information content (AvgIpc) is 2.70. The van der Waals surface area contributed by atoms with Gasteiger partial charge in [-0.15, -0.1) is 0 Å². The molecule has 8 heteroatoms. The number of H-pyrrole nitrogens is 1. The van der Waals surface area contributed by atoms with E-state index in [2.05, 4.69) is 15.3 Å². The van der Waals surface area contributed by atoms with Crippen molar-refractivity contribution in [3.63, 3.8) is 0 Å². The summed E-state index contributed by atoms with van der Waals surface area (Å²) in [5.74, 6) is -1.59. The molecule has 1 amide bonds. The number of hydrogen-bond acceptors (Lipinski definition) is 3. The summed E-state index contributed by atoms with van der Waals surface area (Å²) in [6.45, 7) is 0. The van der Waals surface area contributed by atoms with Gasteiger partial charge in [0.1, 0.15) is 16.7 Å². The van der Waals surface area contributed by atoms with Gasteiger partial charge in [0.05, 0.1) is 5.02 Å². The van der Waals surface area contributed by atoms with Crippen molar-refractivity contribution < 1.29 is 14.7 Å². The van der Waals surface area contributed by atoms with E-state index >= 15 is 0 Å². The number of aromatic nitrogens is 2. The summed E-state index contributed by atoms with van der Waals surface area (Å²) >= 11 is 11.4. The summed E-state index contributed by atoms with van der Waals surface area (Å²) in [6, 6.07) is 5.62. The Morgan fingerprint density at radius 3 is 2.63 bits per heavy atom. The topological polar surface area (TPSA) is 95.1 Å². The lowest BCUT2D eigenvalue weighted by atomic mass is 10.3. The molecule has 0 aliphatic carbocycles. The minimum Gasteiger partial charge on any atom is -0.477 e. The summed E-state index contributed by atoms with van der Waals surface area (Å²) in [7, 11) is 0. The zero-order valence-corrected chi connectivity index (χ0v) is 10.8. The molecule has 0 atom stereocenters. The summed E-state index contributed by atoms with van der Waals surface area (Å²) in [4.78, 5) is 28.9. The Balaban J connectivity index is 2.19. The van der Waals surface area contributed by atoms with Crippen molar-refractivity contribution in [3.05, 3.63) is 45.8 Å². The fourth-order valence-corrected chi connectivity index (χ4v) is 1.65. The van der Waals surface area contributed by atoms with Crippen LogP contribution in [0.25, 0.3) is 0 Å². The summed E-state index contributed by atoms with van der Waals surface area (Å²) in [5, 5.41) is 11.6. The summed E-state index contributed by atoms with van der Waals surface area (Å²) in [6.07, 6.45) is 0. The molecule has 0 aromatic carbocycles. The maximum absolute atomic E-state index is 11.8. The van der Waals surface area contributed by atoms with Gasteiger partial charge >= 0.3 is 5.97 Å². The minimum atomic E-state index is -1.18. The van der Waals surface area contributed by atoms with Gasteiger partial charge in [0.25, 0.3) is 5.91 Å². The van der Waals surface area contributed by atoms with Crippen molar-refractivity contribution in [2.24, 2.45) is 0 Å². The van der Waals surface area contributed by atoms with Crippen LogP contribution in [0.15, 0.2) is 24.3 Å². The molecule has 0 saturated heterocycles. The number of carboxylic acid groups (broad SMARTS) is 1. The maximum atomic E-state index is 11.8. The van der Waals surface area contributed by atoms with E-state index in [0.717, 1.165) is 0 Å². The number of carbonyl (C=O) groups excluding carboxylic acids is 1. The molecular weight excluding hydrogens is 293 g/mol. The fraction of sp³-hybridized carbons (Fsp3) is 0. The predicted molar refractivity (Wildman–Crippen MR) is 70.0 cm³/mol. The first-order chi connectivity index (χ1) is 8.97. The summed E-state index contributed by atoms with van der Waals surface area (Å²) < 4.78 is 0. The first kappa shape index (κ1) is 13.4. The van der Waals surface area contributed by atoms with Crippen LogP contribution in [0.2, 0.25) is 10.2 Å². The van der Waals surface area contributed by atoms with Gasteiger partial charge < -0.3 is 15.4 Å². The Labute approximate surface area is 117 Å². The van der Waals surface area contributed by atoms with Gasteiger partial charge in [-0.1, -0.05) is 29.3 Å². The van der Waals surface area contributed by atoms with Crippen LogP contribution in [0.3, 0.4) is 0 Å². The molecule has 6 nitrogen and oxygen atoms in total. The lowest BCUT2D eigenvalue weighted by Crippen LogP contribution is -2.14. The number of pyridine rings is 1. The number of nitrogens with zero attached hydrogens (tertiary/aromatic N) is 1. The van der Waals surface area contributed by atoms with Gasteiger partial charge in [-0.2, -0.15) is 0 Å². The van der Waals surface area contributed by atoms with Crippen LogP contribution in [-0.2, 0) is 0 Å². The molecule has 2 aromatic heterocycles. The zero-order valence-electron chi connectivity index (χ0n) is 9.28. The van der Waals surface area contributed by atoms with Crippen LogP contribution >= 0.6 is 23.2 Å². The number of carboxylic acids is 1. The Hall–Kier alpha value is -2.05. The second-order valence-corrected chi connectivity index (χ2v) is 4.30. The molecule has 2 rings (SSSR count). The van der Waals surface area contributed by atoms with Crippen LogP contribution in [0.4, 0.5) is 5.82 Å². The number of aromatic amines is 1. The SMILES string of the molecule is O=C(O)c1cccc(NC(=O)c2cc(Cl)c(Cl)[nH]2)n1. The van der Waals surface area contributed by atoms with Gasteiger partial charge in [0.2, 0.25) is 0 Å². The largest absolute Gasteiger partial charge is 0.477 e. The Kier molecular flexibility index (Phi) is 3.73. The van der Waals surface area contributed by atoms with Crippen molar-refractivity contribution in [2.75, 3.05) is 5.32 Å². The van der Waals surface area contributed by atoms with E-state index in [9.17, 15) is 9.59 Å². The lowest BCUT2D eigenvalue weighted by molar-refractivity contribution is 0.0690. The first-order valence-electron chi connectivity index (χ1n) is 5.03. The smallest absolute Gasteiger partial charge is 0.354 e. The molecule has 2 aromatic rings. The third-order valence-corrected chi connectivity index (χ3v) is 2.87. The normalized spacial score (nSPS) is 10.2. The van der Waals surface area contributed by atoms with Crippen LogP contribution in [0.1, 0.15) is 21.0 Å². The van der Waals surface area contributed by atoms with Crippen molar-refractivity contribution in [3.8, 4) is 0 Å². The summed E-state index contributed by atoms with van der Waals surface area (Å²) in [5.41, 5.74) is -0.0159. The highest BCUT2D eigenvalue weighted by Gasteiger charge is 2.13. The lowest BCUT2D eigenvalue weighted by Gasteiger charge is -2.03. The van der Waals surface area contributed by atoms with E-state index < -0.39 is 11.9 Å². The molecule has 3 N–H and O–H groups in total. The van der Waals surface area contributed by atoms with Crippen molar-refractivity contribution in [1.29, 1.82) is 0 Å². The average molecular weight is 300 g/mol. The van der Waals surface area contributed by atoms with Gasteiger partial charge in [-0.25, -0.2) is 9.78 Å². The standard InChI is InChI=1S/C11H7Cl2N3O3/c12-5-4-7(15-9(5)13)10(17)16-8-3-1-2-6(14-8)11(18)19/h1-4,15H,(H,18,19)(H,14,16,17). The van der Waals surface area contributed by atoms with Gasteiger partial charge in [-0.05, 0) is 18.2 Å². The van der Waals surface area contributed by atoms with Crippen molar-refractivity contribution >= 4 is 40.9 Å². The Morgan fingerprint density at radius 2 is 2.05 bits per heavy atom. The third kappa shape index (κ3) is 3.04. The number of carbonyl (C=O) groups is 2. The Morgan fingerprint density at radius 1 is 1.32 bits per heavy atom. The number of halogens is 2. The molecule has 0 fully saturated rings. The van der Waals surface area contributed by atoms with Crippen molar-refractivity contribution in [2.45, 2.75) is 0 Å². The van der Waals surface area contributed by atoms with Crippen LogP contribution in [0, 0.1) is 0 Å². The van der Waals surface area contributed by atoms with Gasteiger partial charge in [-0.3, -0.25) is 4.79 Å². The van der Waals surface area contributed by atoms with Crippen LogP contribution in [0.5, 0.6) is 0 Å². The quantitative estimate of drug-likeness (QED) is 0.812. The monoisotopic (exact) mass is 299 g/mol. The number of aromatic carboxylic acids is 1. The molecule has 0 aliphatic heterocycles. The number of amides is 1. The molecule has 0 bridgehead atoms. The minimum absolute atomic E-state index is 0.117.